The molecule has 0 unspecified atom stereocenters. The van der Waals surface area contributed by atoms with E-state index in [1.807, 2.05) is 6.08 Å². The molecule has 0 radical (unpaired) electrons. The van der Waals surface area contributed by atoms with E-state index < -0.39 is 10.1 Å². The summed E-state index contributed by atoms with van der Waals surface area (Å²) in [5, 5.41) is 0. The van der Waals surface area contributed by atoms with Gasteiger partial charge in [0.25, 0.3) is 0 Å². The molecule has 0 aliphatic rings. The van der Waals surface area contributed by atoms with Gasteiger partial charge in [-0.3, -0.25) is 0 Å². The Hall–Kier alpha value is -1.17. The Balaban J connectivity index is 2.66. The highest BCUT2D eigenvalue weighted by molar-refractivity contribution is 7.85. The van der Waals surface area contributed by atoms with Crippen molar-refractivity contribution in [3.8, 4) is 0 Å². The first-order chi connectivity index (χ1) is 10.3. The van der Waals surface area contributed by atoms with Gasteiger partial charge in [0, 0.05) is 11.3 Å². The number of benzene rings is 1. The lowest BCUT2D eigenvalue weighted by Gasteiger charge is -2.37. The molecular weight excluding hydrogens is 298 g/mol. The normalized spacial score (nSPS) is 12.3. The maximum Gasteiger partial charge on any atom is 0.104 e. The van der Waals surface area contributed by atoms with E-state index in [0.717, 1.165) is 42.6 Å². The second-order valence-electron chi connectivity index (χ2n) is 5.77. The minimum atomic E-state index is -4.09. The maximum absolute atomic E-state index is 10.7. The van der Waals surface area contributed by atoms with Crippen LogP contribution in [0.4, 0.5) is 0 Å². The zero-order chi connectivity index (χ0) is 16.6. The Bertz CT molecular complexity index is 560. The standard InChI is InChI=1S/C17H27NO3S/c1-4-16-9-11-17(12-10-16)15-18(5-2,6-3)13-7-8-14-22(19,20)21/h4,9-12H,1,5-8,13-15H2,2-3H3. The second-order valence-corrected chi connectivity index (χ2v) is 7.29. The summed E-state index contributed by atoms with van der Waals surface area (Å²) in [7, 11) is -4.09. The fraction of sp³-hybridized carbons (Fsp3) is 0.529. The van der Waals surface area contributed by atoms with Crippen molar-refractivity contribution in [1.82, 2.24) is 0 Å². The molecule has 0 bridgehead atoms. The first-order valence-corrected chi connectivity index (χ1v) is 9.42. The molecule has 1 aromatic rings. The quantitative estimate of drug-likeness (QED) is 0.377. The van der Waals surface area contributed by atoms with Crippen molar-refractivity contribution in [3.05, 3.63) is 42.0 Å². The summed E-state index contributed by atoms with van der Waals surface area (Å²) >= 11 is 0. The van der Waals surface area contributed by atoms with E-state index in [-0.39, 0.29) is 5.75 Å². The average Bonchev–Trinajstić information content (AvgIpc) is 2.50. The van der Waals surface area contributed by atoms with Gasteiger partial charge in [0.1, 0.15) is 6.54 Å². The topological polar surface area (TPSA) is 57.2 Å². The van der Waals surface area contributed by atoms with Gasteiger partial charge in [-0.15, -0.1) is 0 Å². The van der Waals surface area contributed by atoms with E-state index in [1.165, 1.54) is 5.56 Å². The van der Waals surface area contributed by atoms with Crippen LogP contribution in [0.1, 0.15) is 37.8 Å². The van der Waals surface area contributed by atoms with Crippen LogP contribution in [0.25, 0.3) is 6.08 Å². The Labute approximate surface area is 134 Å². The Morgan fingerprint density at radius 2 is 1.73 bits per heavy atom. The Morgan fingerprint density at radius 1 is 1.14 bits per heavy atom. The highest BCUT2D eigenvalue weighted by Gasteiger charge is 2.23. The molecule has 5 heteroatoms. The molecule has 0 aliphatic carbocycles. The third-order valence-corrected chi connectivity index (χ3v) is 5.14. The predicted molar refractivity (Wildman–Crippen MR) is 90.2 cm³/mol. The predicted octanol–water partition coefficient (Wildman–Crippen LogP) is 3.01. The molecule has 0 amide bonds. The third-order valence-electron chi connectivity index (χ3n) is 4.35. The number of quaternary nitrogens is 1. The van der Waals surface area contributed by atoms with Gasteiger partial charge in [-0.1, -0.05) is 36.9 Å². The van der Waals surface area contributed by atoms with Crippen molar-refractivity contribution in [1.29, 1.82) is 0 Å². The van der Waals surface area contributed by atoms with Gasteiger partial charge in [0.15, 0.2) is 0 Å². The number of rotatable bonds is 10. The van der Waals surface area contributed by atoms with Crippen LogP contribution in [0.2, 0.25) is 0 Å². The molecule has 1 rings (SSSR count). The lowest BCUT2D eigenvalue weighted by molar-refractivity contribution is -0.938. The summed E-state index contributed by atoms with van der Waals surface area (Å²) in [6.45, 7) is 11.9. The van der Waals surface area contributed by atoms with Crippen LogP contribution in [0.3, 0.4) is 0 Å². The molecule has 0 fully saturated rings. The van der Waals surface area contributed by atoms with Crippen molar-refractivity contribution in [2.45, 2.75) is 33.2 Å². The fourth-order valence-corrected chi connectivity index (χ4v) is 3.27. The van der Waals surface area contributed by atoms with Crippen molar-refractivity contribution >= 4 is 16.2 Å². The SMILES string of the molecule is C=Cc1ccc(C[N+](CC)(CC)CCCCS(=O)(=O)[O-])cc1. The highest BCUT2D eigenvalue weighted by atomic mass is 32.2. The van der Waals surface area contributed by atoms with Crippen LogP contribution in [0.15, 0.2) is 30.8 Å². The summed E-state index contributed by atoms with van der Waals surface area (Å²) in [5.41, 5.74) is 2.38. The van der Waals surface area contributed by atoms with Gasteiger partial charge >= 0.3 is 0 Å². The molecule has 0 heterocycles. The van der Waals surface area contributed by atoms with Crippen LogP contribution < -0.4 is 0 Å². The molecule has 0 aliphatic heterocycles. The lowest BCUT2D eigenvalue weighted by Crippen LogP contribution is -2.47. The van der Waals surface area contributed by atoms with Crippen LogP contribution in [-0.4, -0.2) is 42.8 Å². The van der Waals surface area contributed by atoms with Crippen molar-refractivity contribution < 1.29 is 17.5 Å². The second kappa shape index (κ2) is 8.46. The number of unbranched alkanes of at least 4 members (excludes halogenated alkanes) is 1. The molecule has 124 valence electrons. The van der Waals surface area contributed by atoms with Gasteiger partial charge in [0.05, 0.1) is 29.8 Å². The smallest absolute Gasteiger partial charge is 0.104 e. The Morgan fingerprint density at radius 3 is 2.18 bits per heavy atom. The Kier molecular flexibility index (Phi) is 7.26. The molecule has 0 aromatic heterocycles. The minimum absolute atomic E-state index is 0.255. The zero-order valence-electron chi connectivity index (χ0n) is 13.6. The van der Waals surface area contributed by atoms with Gasteiger partial charge in [0.2, 0.25) is 0 Å². The van der Waals surface area contributed by atoms with Crippen LogP contribution in [-0.2, 0) is 16.7 Å². The zero-order valence-corrected chi connectivity index (χ0v) is 14.4. The molecule has 0 saturated carbocycles. The molecule has 0 atom stereocenters. The van der Waals surface area contributed by atoms with Gasteiger partial charge in [-0.2, -0.15) is 0 Å². The van der Waals surface area contributed by atoms with E-state index >= 15 is 0 Å². The van der Waals surface area contributed by atoms with Crippen molar-refractivity contribution in [2.75, 3.05) is 25.4 Å². The van der Waals surface area contributed by atoms with E-state index in [2.05, 4.69) is 44.7 Å². The van der Waals surface area contributed by atoms with E-state index in [9.17, 15) is 13.0 Å². The van der Waals surface area contributed by atoms with Gasteiger partial charge in [-0.25, -0.2) is 8.42 Å². The van der Waals surface area contributed by atoms with Crippen LogP contribution in [0.5, 0.6) is 0 Å². The first-order valence-electron chi connectivity index (χ1n) is 7.84. The maximum atomic E-state index is 10.7. The van der Waals surface area contributed by atoms with E-state index in [1.54, 1.807) is 0 Å². The molecule has 22 heavy (non-hydrogen) atoms. The van der Waals surface area contributed by atoms with Gasteiger partial charge in [-0.05, 0) is 32.3 Å². The first kappa shape index (κ1) is 18.9. The fourth-order valence-electron chi connectivity index (χ4n) is 2.71. The molecule has 1 aromatic carbocycles. The number of hydrogen-bond donors (Lipinski definition) is 0. The minimum Gasteiger partial charge on any atom is -0.748 e. The highest BCUT2D eigenvalue weighted by Crippen LogP contribution is 2.17. The third kappa shape index (κ3) is 6.30. The van der Waals surface area contributed by atoms with E-state index in [0.29, 0.717) is 6.42 Å². The lowest BCUT2D eigenvalue weighted by atomic mass is 10.1. The van der Waals surface area contributed by atoms with E-state index in [4.69, 9.17) is 0 Å². The average molecular weight is 325 g/mol. The van der Waals surface area contributed by atoms with Crippen LogP contribution >= 0.6 is 0 Å². The van der Waals surface area contributed by atoms with Crippen LogP contribution in [0, 0.1) is 0 Å². The molecule has 4 nitrogen and oxygen atoms in total. The van der Waals surface area contributed by atoms with Crippen molar-refractivity contribution in [3.63, 3.8) is 0 Å². The summed E-state index contributed by atoms with van der Waals surface area (Å²) in [6, 6.07) is 8.37. The summed E-state index contributed by atoms with van der Waals surface area (Å²) in [5.74, 6) is -0.255. The summed E-state index contributed by atoms with van der Waals surface area (Å²) in [6.07, 6.45) is 3.03. The van der Waals surface area contributed by atoms with Crippen molar-refractivity contribution in [2.24, 2.45) is 0 Å². The molecule has 0 saturated heterocycles. The van der Waals surface area contributed by atoms with Gasteiger partial charge < -0.3 is 9.04 Å². The number of hydrogen-bond acceptors (Lipinski definition) is 3. The molecule has 0 spiro atoms. The summed E-state index contributed by atoms with van der Waals surface area (Å²) < 4.78 is 32.9. The summed E-state index contributed by atoms with van der Waals surface area (Å²) in [4.78, 5) is 0. The monoisotopic (exact) mass is 325 g/mol. The number of nitrogens with zero attached hydrogens (tertiary/aromatic N) is 1. The largest absolute Gasteiger partial charge is 0.748 e. The molecular formula is C17H27NO3S. The molecule has 0 N–H and O–H groups in total.